The molecule has 1 amide bonds. The third-order valence-electron chi connectivity index (χ3n) is 6.08. The van der Waals surface area contributed by atoms with Gasteiger partial charge in [0.1, 0.15) is 6.54 Å². The van der Waals surface area contributed by atoms with E-state index in [1.165, 1.54) is 0 Å². The largest absolute Gasteiger partial charge is 0.368 e. The van der Waals surface area contributed by atoms with E-state index in [4.69, 9.17) is 15.2 Å². The van der Waals surface area contributed by atoms with Crippen LogP contribution in [0.1, 0.15) is 60.4 Å². The minimum Gasteiger partial charge on any atom is -0.368 e. The second-order valence-electron chi connectivity index (χ2n) is 10.3. The van der Waals surface area contributed by atoms with Crippen molar-refractivity contribution in [3.05, 3.63) is 54.5 Å². The molecule has 0 spiro atoms. The number of nitrogen functional groups attached to an aromatic ring is 1. The first kappa shape index (κ1) is 27.4. The van der Waals surface area contributed by atoms with Crippen molar-refractivity contribution in [2.24, 2.45) is 5.92 Å². The number of anilines is 1. The zero-order valence-corrected chi connectivity index (χ0v) is 21.4. The molecule has 4 aromatic heterocycles. The Hall–Kier alpha value is -4.15. The number of hydrogen-bond acceptors (Lipinski definition) is 9. The monoisotopic (exact) mass is 505 g/mol. The molecular formula is C26H35N9O2. The smallest absolute Gasteiger partial charge is 0.261 e. The van der Waals surface area contributed by atoms with Gasteiger partial charge in [0.2, 0.25) is 11.9 Å². The Kier molecular flexibility index (Phi) is 7.75. The van der Waals surface area contributed by atoms with E-state index < -0.39 is 5.41 Å². The lowest BCUT2D eigenvalue weighted by molar-refractivity contribution is -0.123. The molecule has 0 unspecified atom stereocenters. The van der Waals surface area contributed by atoms with Gasteiger partial charge >= 0.3 is 0 Å². The van der Waals surface area contributed by atoms with Gasteiger partial charge in [-0.3, -0.25) is 14.5 Å². The second-order valence-corrected chi connectivity index (χ2v) is 10.3. The van der Waals surface area contributed by atoms with Crippen molar-refractivity contribution in [1.82, 2.24) is 40.2 Å². The van der Waals surface area contributed by atoms with Crippen molar-refractivity contribution in [2.45, 2.75) is 66.5 Å². The number of hydrogen-bond donors (Lipinski definition) is 2. The molecule has 11 nitrogen and oxygen atoms in total. The van der Waals surface area contributed by atoms with E-state index in [2.05, 4.69) is 51.3 Å². The van der Waals surface area contributed by atoms with Crippen LogP contribution >= 0.6 is 0 Å². The fourth-order valence-corrected chi connectivity index (χ4v) is 3.78. The van der Waals surface area contributed by atoms with E-state index in [9.17, 15) is 4.79 Å². The summed E-state index contributed by atoms with van der Waals surface area (Å²) < 4.78 is 7.16. The molecule has 0 aliphatic carbocycles. The maximum Gasteiger partial charge on any atom is 0.261 e. The lowest BCUT2D eigenvalue weighted by Gasteiger charge is -2.30. The van der Waals surface area contributed by atoms with E-state index in [-0.39, 0.29) is 37.3 Å². The van der Waals surface area contributed by atoms with Gasteiger partial charge in [0.05, 0.1) is 22.9 Å². The van der Waals surface area contributed by atoms with Gasteiger partial charge in [0, 0.05) is 35.9 Å². The number of rotatable bonds is 7. The molecule has 11 heteroatoms. The fourth-order valence-electron chi connectivity index (χ4n) is 3.78. The average Bonchev–Trinajstić information content (AvgIpc) is 3.48. The van der Waals surface area contributed by atoms with Gasteiger partial charge in [0.25, 0.3) is 5.89 Å². The number of nitrogens with two attached hydrogens (primary N) is 1. The minimum absolute atomic E-state index is 0. The van der Waals surface area contributed by atoms with Gasteiger partial charge in [0.15, 0.2) is 5.82 Å². The highest BCUT2D eigenvalue weighted by Gasteiger charge is 2.38. The van der Waals surface area contributed by atoms with Crippen LogP contribution < -0.4 is 11.1 Å². The van der Waals surface area contributed by atoms with Crippen LogP contribution in [0.3, 0.4) is 0 Å². The minimum atomic E-state index is -0.562. The maximum atomic E-state index is 12.2. The van der Waals surface area contributed by atoms with E-state index in [1.807, 2.05) is 39.1 Å². The zero-order valence-electron chi connectivity index (χ0n) is 21.4. The molecule has 0 aliphatic rings. The number of pyridine rings is 1. The summed E-state index contributed by atoms with van der Waals surface area (Å²) in [7, 11) is 0. The molecule has 4 rings (SSSR count). The number of carbonyl (C=O) groups is 1. The summed E-state index contributed by atoms with van der Waals surface area (Å²) in [6.45, 7) is 12.2. The van der Waals surface area contributed by atoms with Crippen molar-refractivity contribution >= 4 is 11.9 Å². The van der Waals surface area contributed by atoms with Gasteiger partial charge in [-0.25, -0.2) is 9.97 Å². The van der Waals surface area contributed by atoms with Crippen LogP contribution in [-0.2, 0) is 16.8 Å². The lowest BCUT2D eigenvalue weighted by Crippen LogP contribution is -2.42. The highest BCUT2D eigenvalue weighted by atomic mass is 16.5. The van der Waals surface area contributed by atoms with Crippen LogP contribution in [0.4, 0.5) is 5.95 Å². The Bertz CT molecular complexity index is 1340. The highest BCUT2D eigenvalue weighted by molar-refractivity contribution is 5.76. The topological polar surface area (TPSA) is 151 Å². The molecule has 0 saturated carbocycles. The third kappa shape index (κ3) is 5.99. The van der Waals surface area contributed by atoms with E-state index in [0.717, 1.165) is 16.8 Å². The number of aromatic nitrogens is 7. The van der Waals surface area contributed by atoms with Crippen molar-refractivity contribution in [2.75, 3.05) is 5.73 Å². The average molecular weight is 506 g/mol. The molecule has 1 atom stereocenters. The number of amides is 1. The molecule has 0 saturated heterocycles. The number of carbonyl (C=O) groups excluding carboxylic acids is 1. The predicted molar refractivity (Wildman–Crippen MR) is 141 cm³/mol. The second kappa shape index (κ2) is 10.5. The van der Waals surface area contributed by atoms with Crippen molar-refractivity contribution in [3.63, 3.8) is 0 Å². The molecule has 4 heterocycles. The van der Waals surface area contributed by atoms with Crippen molar-refractivity contribution in [3.8, 4) is 22.7 Å². The first-order valence-corrected chi connectivity index (χ1v) is 11.7. The zero-order chi connectivity index (χ0) is 26.1. The summed E-state index contributed by atoms with van der Waals surface area (Å²) in [4.78, 5) is 29.6. The fraction of sp³-hybridized carbons (Fsp3) is 0.423. The van der Waals surface area contributed by atoms with E-state index >= 15 is 0 Å². The summed E-state index contributed by atoms with van der Waals surface area (Å²) in [6.07, 6.45) is 8.43. The molecule has 4 aromatic rings. The number of nitrogens with one attached hydrogen (secondary N) is 1. The number of nitrogens with zero attached hydrogens (tertiary/aromatic N) is 7. The molecule has 3 N–H and O–H groups in total. The summed E-state index contributed by atoms with van der Waals surface area (Å²) in [5.74, 6) is 1.10. The van der Waals surface area contributed by atoms with Crippen LogP contribution in [0.15, 0.2) is 47.6 Å². The summed E-state index contributed by atoms with van der Waals surface area (Å²) in [6, 6.07) is 3.92. The Morgan fingerprint density at radius 2 is 1.76 bits per heavy atom. The molecule has 0 radical (unpaired) electrons. The molecule has 0 aliphatic heterocycles. The van der Waals surface area contributed by atoms with Crippen LogP contribution in [0, 0.1) is 5.92 Å². The van der Waals surface area contributed by atoms with Crippen LogP contribution in [-0.4, -0.2) is 46.3 Å². The quantitative estimate of drug-likeness (QED) is 0.381. The van der Waals surface area contributed by atoms with Gasteiger partial charge in [-0.15, -0.1) is 0 Å². The lowest BCUT2D eigenvalue weighted by atomic mass is 9.73. The Morgan fingerprint density at radius 3 is 2.35 bits per heavy atom. The maximum absolute atomic E-state index is 12.2. The summed E-state index contributed by atoms with van der Waals surface area (Å²) in [5, 5.41) is 11.5. The van der Waals surface area contributed by atoms with Crippen molar-refractivity contribution in [1.29, 1.82) is 0 Å². The van der Waals surface area contributed by atoms with E-state index in [1.54, 1.807) is 29.5 Å². The SMILES string of the molecule is C.CC(C)[C@](C)(c1ccc(-c2cnc(N)nc2)nc1)c1noc(-c2cnn(CC(=O)NC(C)(C)C)c2)n1. The molecule has 0 aromatic carbocycles. The first-order valence-electron chi connectivity index (χ1n) is 11.7. The molecule has 0 fully saturated rings. The van der Waals surface area contributed by atoms with Crippen molar-refractivity contribution < 1.29 is 9.32 Å². The Morgan fingerprint density at radius 1 is 1.05 bits per heavy atom. The molecule has 0 bridgehead atoms. The summed E-state index contributed by atoms with van der Waals surface area (Å²) in [5.41, 5.74) is 7.80. The van der Waals surface area contributed by atoms with Crippen LogP contribution in [0.5, 0.6) is 0 Å². The highest BCUT2D eigenvalue weighted by Crippen LogP contribution is 2.38. The Labute approximate surface area is 216 Å². The van der Waals surface area contributed by atoms with E-state index in [0.29, 0.717) is 17.3 Å². The van der Waals surface area contributed by atoms with Crippen LogP contribution in [0.2, 0.25) is 0 Å². The van der Waals surface area contributed by atoms with Gasteiger partial charge in [-0.2, -0.15) is 10.1 Å². The van der Waals surface area contributed by atoms with Gasteiger partial charge in [-0.05, 0) is 45.2 Å². The van der Waals surface area contributed by atoms with Crippen LogP contribution in [0.25, 0.3) is 22.7 Å². The first-order chi connectivity index (χ1) is 17.0. The molecule has 37 heavy (non-hydrogen) atoms. The standard InChI is InChI=1S/C25H31N9O2.CH4/c1-15(2)25(6,18-7-8-19(27-12-18)16-9-28-23(26)29-10-16)22-31-21(36-33-22)17-11-30-34(13-17)14-20(35)32-24(3,4)5;/h7-13,15H,14H2,1-6H3,(H,32,35)(H2,26,28,29);1H4/t25-;/m1./s1. The molecule has 196 valence electrons. The normalized spacial score (nSPS) is 13.2. The predicted octanol–water partition coefficient (Wildman–Crippen LogP) is 3.88. The van der Waals surface area contributed by atoms with Gasteiger partial charge in [-0.1, -0.05) is 32.5 Å². The molecular weight excluding hydrogens is 470 g/mol. The third-order valence-corrected chi connectivity index (χ3v) is 6.08. The van der Waals surface area contributed by atoms with Gasteiger partial charge < -0.3 is 15.6 Å². The Balaban J connectivity index is 0.00000380. The summed E-state index contributed by atoms with van der Waals surface area (Å²) >= 11 is 0.